The van der Waals surface area contributed by atoms with E-state index in [9.17, 15) is 13.2 Å². The second kappa shape index (κ2) is 11.4. The quantitative estimate of drug-likeness (QED) is 0.610. The van der Waals surface area contributed by atoms with Crippen LogP contribution in [-0.4, -0.2) is 53.4 Å². The minimum Gasteiger partial charge on any atom is -0.383 e. The predicted molar refractivity (Wildman–Crippen MR) is 93.1 cm³/mol. The molecule has 0 bridgehead atoms. The molecule has 1 aromatic carbocycles. The fourth-order valence-electron chi connectivity index (χ4n) is 1.96. The molecule has 0 atom stereocenters. The van der Waals surface area contributed by atoms with E-state index in [1.807, 2.05) is 0 Å². The van der Waals surface area contributed by atoms with Crippen LogP contribution in [0, 0.1) is 0 Å². The van der Waals surface area contributed by atoms with Crippen LogP contribution in [0.5, 0.6) is 0 Å². The fourth-order valence-corrected chi connectivity index (χ4v) is 3.50. The van der Waals surface area contributed by atoms with Crippen molar-refractivity contribution in [1.82, 2.24) is 10.6 Å². The van der Waals surface area contributed by atoms with Gasteiger partial charge in [-0.3, -0.25) is 4.79 Å². The van der Waals surface area contributed by atoms with Crippen molar-refractivity contribution in [3.8, 4) is 0 Å². The van der Waals surface area contributed by atoms with Gasteiger partial charge in [-0.1, -0.05) is 19.1 Å². The number of ether oxygens (including phenoxy) is 1. The number of benzene rings is 1. The normalized spacial score (nSPS) is 10.9. The van der Waals surface area contributed by atoms with Crippen LogP contribution in [0.25, 0.3) is 0 Å². The fraction of sp³-hybridized carbons (Fsp3) is 0.533. The average Bonchev–Trinajstić information content (AvgIpc) is 2.50. The molecule has 0 aliphatic rings. The molecule has 0 saturated heterocycles. The smallest absolute Gasteiger partial charge is 0.252 e. The summed E-state index contributed by atoms with van der Waals surface area (Å²) in [5.74, 6) is -0.334. The van der Waals surface area contributed by atoms with Crippen molar-refractivity contribution in [2.24, 2.45) is 0 Å². The van der Waals surface area contributed by atoms with Crippen LogP contribution >= 0.6 is 12.4 Å². The van der Waals surface area contributed by atoms with E-state index in [1.54, 1.807) is 26.2 Å². The van der Waals surface area contributed by atoms with Crippen molar-refractivity contribution in [1.29, 1.82) is 0 Å². The van der Waals surface area contributed by atoms with Gasteiger partial charge in [-0.25, -0.2) is 8.42 Å². The lowest BCUT2D eigenvalue weighted by Gasteiger charge is -2.11. The first-order chi connectivity index (χ1) is 10.5. The van der Waals surface area contributed by atoms with Gasteiger partial charge in [0.05, 0.1) is 22.8 Å². The molecule has 1 rings (SSSR count). The number of carbonyl (C=O) groups excluding carboxylic acids is 1. The summed E-state index contributed by atoms with van der Waals surface area (Å²) in [7, 11) is -1.80. The molecule has 0 aliphatic carbocycles. The minimum absolute atomic E-state index is 0. The molecule has 0 radical (unpaired) electrons. The maximum atomic E-state index is 12.2. The molecule has 8 heteroatoms. The number of methoxy groups -OCH3 is 1. The van der Waals surface area contributed by atoms with E-state index in [0.717, 1.165) is 0 Å². The summed E-state index contributed by atoms with van der Waals surface area (Å²) >= 11 is 0. The summed E-state index contributed by atoms with van der Waals surface area (Å²) < 4.78 is 29.3. The summed E-state index contributed by atoms with van der Waals surface area (Å²) in [6, 6.07) is 6.31. The molecule has 132 valence electrons. The zero-order chi connectivity index (χ0) is 16.4. The summed E-state index contributed by atoms with van der Waals surface area (Å²) in [6.07, 6.45) is 0.516. The molecule has 0 heterocycles. The molecule has 0 saturated carbocycles. The lowest BCUT2D eigenvalue weighted by atomic mass is 10.2. The maximum absolute atomic E-state index is 12.2. The van der Waals surface area contributed by atoms with E-state index in [0.29, 0.717) is 32.7 Å². The minimum atomic E-state index is -3.42. The van der Waals surface area contributed by atoms with E-state index in [4.69, 9.17) is 4.74 Å². The van der Waals surface area contributed by atoms with Gasteiger partial charge in [0.1, 0.15) is 0 Å². The molecular weight excluding hydrogens is 340 g/mol. The Labute approximate surface area is 144 Å². The SMILES string of the molecule is CCCS(=O)(=O)c1ccccc1C(=O)NCCNCCOC.Cl. The average molecular weight is 365 g/mol. The molecule has 0 aliphatic heterocycles. The highest BCUT2D eigenvalue weighted by Gasteiger charge is 2.20. The first-order valence-electron chi connectivity index (χ1n) is 7.32. The molecular formula is C15H25ClN2O4S. The van der Waals surface area contributed by atoms with E-state index in [2.05, 4.69) is 10.6 Å². The van der Waals surface area contributed by atoms with Crippen LogP contribution in [-0.2, 0) is 14.6 Å². The van der Waals surface area contributed by atoms with Crippen LogP contribution in [0.4, 0.5) is 0 Å². The molecule has 2 N–H and O–H groups in total. The van der Waals surface area contributed by atoms with Crippen molar-refractivity contribution in [3.63, 3.8) is 0 Å². The Morgan fingerprint density at radius 2 is 1.87 bits per heavy atom. The zero-order valence-electron chi connectivity index (χ0n) is 13.5. The topological polar surface area (TPSA) is 84.5 Å². The van der Waals surface area contributed by atoms with E-state index in [-0.39, 0.29) is 34.5 Å². The van der Waals surface area contributed by atoms with Gasteiger partial charge in [0, 0.05) is 26.7 Å². The molecule has 0 fully saturated rings. The monoisotopic (exact) mass is 364 g/mol. The Kier molecular flexibility index (Phi) is 10.8. The van der Waals surface area contributed by atoms with Crippen molar-refractivity contribution >= 4 is 28.2 Å². The third kappa shape index (κ3) is 7.30. The lowest BCUT2D eigenvalue weighted by Crippen LogP contribution is -2.33. The Balaban J connectivity index is 0.00000484. The third-order valence-corrected chi connectivity index (χ3v) is 4.98. The molecule has 1 aromatic rings. The highest BCUT2D eigenvalue weighted by Crippen LogP contribution is 2.17. The molecule has 0 spiro atoms. The van der Waals surface area contributed by atoms with Crippen LogP contribution in [0.3, 0.4) is 0 Å². The number of amides is 1. The highest BCUT2D eigenvalue weighted by atomic mass is 35.5. The van der Waals surface area contributed by atoms with E-state index >= 15 is 0 Å². The Morgan fingerprint density at radius 3 is 2.52 bits per heavy atom. The number of sulfone groups is 1. The van der Waals surface area contributed by atoms with Crippen LogP contribution in [0.2, 0.25) is 0 Å². The summed E-state index contributed by atoms with van der Waals surface area (Å²) in [5, 5.41) is 5.82. The van der Waals surface area contributed by atoms with E-state index in [1.165, 1.54) is 12.1 Å². The van der Waals surface area contributed by atoms with Crippen LogP contribution < -0.4 is 10.6 Å². The van der Waals surface area contributed by atoms with Gasteiger partial charge in [0.15, 0.2) is 9.84 Å². The van der Waals surface area contributed by atoms with Gasteiger partial charge in [-0.15, -0.1) is 12.4 Å². The Bertz CT molecular complexity index is 579. The highest BCUT2D eigenvalue weighted by molar-refractivity contribution is 7.91. The molecule has 23 heavy (non-hydrogen) atoms. The van der Waals surface area contributed by atoms with Crippen molar-refractivity contribution < 1.29 is 17.9 Å². The summed E-state index contributed by atoms with van der Waals surface area (Å²) in [4.78, 5) is 12.3. The molecule has 0 aromatic heterocycles. The largest absolute Gasteiger partial charge is 0.383 e. The first kappa shape index (κ1) is 21.9. The van der Waals surface area contributed by atoms with Crippen molar-refractivity contribution in [2.45, 2.75) is 18.2 Å². The van der Waals surface area contributed by atoms with Gasteiger partial charge in [0.2, 0.25) is 0 Å². The lowest BCUT2D eigenvalue weighted by molar-refractivity contribution is 0.0950. The number of rotatable bonds is 10. The van der Waals surface area contributed by atoms with Crippen molar-refractivity contribution in [3.05, 3.63) is 29.8 Å². The standard InChI is InChI=1S/C15H24N2O4S.ClH/c1-3-12-22(19,20)14-7-5-4-6-13(14)15(18)17-9-8-16-10-11-21-2;/h4-7,16H,3,8-12H2,1-2H3,(H,17,18);1H. The van der Waals surface area contributed by atoms with Gasteiger partial charge < -0.3 is 15.4 Å². The van der Waals surface area contributed by atoms with Crippen LogP contribution in [0.1, 0.15) is 23.7 Å². The number of carbonyl (C=O) groups is 1. The van der Waals surface area contributed by atoms with Crippen molar-refractivity contribution in [2.75, 3.05) is 39.1 Å². The number of halogens is 1. The summed E-state index contributed by atoms with van der Waals surface area (Å²) in [5.41, 5.74) is 0.202. The van der Waals surface area contributed by atoms with E-state index < -0.39 is 9.84 Å². The van der Waals surface area contributed by atoms with Crippen LogP contribution in [0.15, 0.2) is 29.2 Å². The second-order valence-electron chi connectivity index (χ2n) is 4.81. The molecule has 0 unspecified atom stereocenters. The van der Waals surface area contributed by atoms with Gasteiger partial charge in [0.25, 0.3) is 5.91 Å². The third-order valence-electron chi connectivity index (χ3n) is 3.01. The second-order valence-corrected chi connectivity index (χ2v) is 6.89. The Hall–Kier alpha value is -1.15. The predicted octanol–water partition coefficient (Wildman–Crippen LogP) is 1.26. The number of hydrogen-bond donors (Lipinski definition) is 2. The Morgan fingerprint density at radius 1 is 1.17 bits per heavy atom. The van der Waals surface area contributed by atoms with Gasteiger partial charge >= 0.3 is 0 Å². The number of nitrogens with one attached hydrogen (secondary N) is 2. The van der Waals surface area contributed by atoms with Gasteiger partial charge in [-0.2, -0.15) is 0 Å². The molecule has 1 amide bonds. The first-order valence-corrected chi connectivity index (χ1v) is 8.97. The maximum Gasteiger partial charge on any atom is 0.252 e. The number of hydrogen-bond acceptors (Lipinski definition) is 5. The molecule has 6 nitrogen and oxygen atoms in total. The summed E-state index contributed by atoms with van der Waals surface area (Å²) in [6.45, 7) is 4.12. The zero-order valence-corrected chi connectivity index (χ0v) is 15.1. The van der Waals surface area contributed by atoms with Gasteiger partial charge in [-0.05, 0) is 18.6 Å².